The van der Waals surface area contributed by atoms with Gasteiger partial charge in [0, 0.05) is 5.39 Å². The monoisotopic (exact) mass is 387 g/mol. The zero-order chi connectivity index (χ0) is 19.3. The van der Waals surface area contributed by atoms with Crippen molar-refractivity contribution in [1.82, 2.24) is 3.97 Å². The van der Waals surface area contributed by atoms with Crippen molar-refractivity contribution in [1.29, 1.82) is 0 Å². The second-order valence-corrected chi connectivity index (χ2v) is 9.23. The second kappa shape index (κ2) is 6.35. The van der Waals surface area contributed by atoms with Crippen LogP contribution in [-0.2, 0) is 22.9 Å². The summed E-state index contributed by atoms with van der Waals surface area (Å²) in [7, 11) is -3.72. The quantitative estimate of drug-likeness (QED) is 0.476. The molecule has 5 rings (SSSR count). The molecule has 1 aliphatic carbocycles. The van der Waals surface area contributed by atoms with Crippen LogP contribution in [0, 0.1) is 6.92 Å². The maximum Gasteiger partial charge on any atom is 0.268 e. The molecule has 1 aromatic heterocycles. The van der Waals surface area contributed by atoms with E-state index >= 15 is 0 Å². The Kier molecular flexibility index (Phi) is 3.91. The first-order valence-corrected chi connectivity index (χ1v) is 11.0. The minimum atomic E-state index is -3.72. The largest absolute Gasteiger partial charge is 0.268 e. The van der Waals surface area contributed by atoms with E-state index < -0.39 is 10.0 Å². The lowest BCUT2D eigenvalue weighted by Crippen LogP contribution is -2.14. The second-order valence-electron chi connectivity index (χ2n) is 7.44. The van der Waals surface area contributed by atoms with E-state index in [-0.39, 0.29) is 0 Å². The molecule has 0 saturated carbocycles. The first kappa shape index (κ1) is 17.3. The molecule has 4 aromatic rings. The van der Waals surface area contributed by atoms with Gasteiger partial charge in [0.25, 0.3) is 10.0 Å². The van der Waals surface area contributed by atoms with Crippen LogP contribution in [0.2, 0.25) is 0 Å². The van der Waals surface area contributed by atoms with E-state index in [1.807, 2.05) is 61.5 Å². The van der Waals surface area contributed by atoms with Crippen molar-refractivity contribution in [3.8, 4) is 11.3 Å². The Hall–Kier alpha value is -2.85. The summed E-state index contributed by atoms with van der Waals surface area (Å²) in [6, 6.07) is 23.0. The van der Waals surface area contributed by atoms with E-state index in [1.165, 1.54) is 5.56 Å². The fourth-order valence-electron chi connectivity index (χ4n) is 4.33. The summed E-state index contributed by atoms with van der Waals surface area (Å²) in [5.41, 5.74) is 5.97. The highest BCUT2D eigenvalue weighted by atomic mass is 32.2. The van der Waals surface area contributed by atoms with Crippen molar-refractivity contribution in [2.75, 3.05) is 0 Å². The van der Waals surface area contributed by atoms with Gasteiger partial charge in [-0.3, -0.25) is 0 Å². The van der Waals surface area contributed by atoms with Crippen LogP contribution < -0.4 is 0 Å². The molecule has 3 aromatic carbocycles. The molecule has 140 valence electrons. The number of hydrogen-bond donors (Lipinski definition) is 0. The fourth-order valence-corrected chi connectivity index (χ4v) is 5.88. The third kappa shape index (κ3) is 2.52. The molecular formula is C24H21NO2S. The van der Waals surface area contributed by atoms with Crippen LogP contribution in [0.3, 0.4) is 0 Å². The van der Waals surface area contributed by atoms with Gasteiger partial charge in [-0.25, -0.2) is 12.4 Å². The van der Waals surface area contributed by atoms with Crippen molar-refractivity contribution in [3.63, 3.8) is 0 Å². The van der Waals surface area contributed by atoms with Crippen LogP contribution in [0.4, 0.5) is 0 Å². The molecule has 28 heavy (non-hydrogen) atoms. The van der Waals surface area contributed by atoms with Crippen molar-refractivity contribution >= 4 is 20.9 Å². The molecule has 0 atom stereocenters. The fraction of sp³-hybridized carbons (Fsp3) is 0.167. The van der Waals surface area contributed by atoms with Crippen molar-refractivity contribution < 1.29 is 8.42 Å². The van der Waals surface area contributed by atoms with Crippen LogP contribution >= 0.6 is 0 Å². The van der Waals surface area contributed by atoms with Crippen molar-refractivity contribution in [2.24, 2.45) is 0 Å². The Morgan fingerprint density at radius 2 is 1.57 bits per heavy atom. The van der Waals surface area contributed by atoms with Crippen LogP contribution in [0.25, 0.3) is 22.2 Å². The lowest BCUT2D eigenvalue weighted by Gasteiger charge is -2.14. The molecule has 1 heterocycles. The molecule has 0 radical (unpaired) electrons. The van der Waals surface area contributed by atoms with Gasteiger partial charge in [0.05, 0.1) is 16.1 Å². The molecule has 0 unspecified atom stereocenters. The standard InChI is InChI=1S/C24H21NO2S/c1-17-13-15-20(16-14-17)28(26,27)25-22-12-6-10-18-9-5-11-21(23(18)22)24(25)19-7-3-2-4-8-19/h2-4,6-8,10,12-16H,5,9,11H2,1H3. The van der Waals surface area contributed by atoms with E-state index in [1.54, 1.807) is 16.1 Å². The zero-order valence-corrected chi connectivity index (χ0v) is 16.5. The Labute approximate surface area is 165 Å². The van der Waals surface area contributed by atoms with Gasteiger partial charge in [-0.1, -0.05) is 60.2 Å². The molecule has 0 fully saturated rings. The first-order chi connectivity index (χ1) is 13.6. The summed E-state index contributed by atoms with van der Waals surface area (Å²) < 4.78 is 29.1. The van der Waals surface area contributed by atoms with Crippen LogP contribution in [0.1, 0.15) is 23.1 Å². The van der Waals surface area contributed by atoms with Crippen molar-refractivity contribution in [2.45, 2.75) is 31.1 Å². The van der Waals surface area contributed by atoms with E-state index in [0.29, 0.717) is 4.90 Å². The highest BCUT2D eigenvalue weighted by Crippen LogP contribution is 2.41. The van der Waals surface area contributed by atoms with Crippen molar-refractivity contribution in [3.05, 3.63) is 89.5 Å². The highest BCUT2D eigenvalue weighted by molar-refractivity contribution is 7.90. The summed E-state index contributed by atoms with van der Waals surface area (Å²) in [5, 5.41) is 1.11. The number of rotatable bonds is 3. The lowest BCUT2D eigenvalue weighted by molar-refractivity contribution is 0.589. The molecule has 4 heteroatoms. The molecule has 1 aliphatic rings. The molecule has 3 nitrogen and oxygen atoms in total. The number of aryl methyl sites for hydroxylation is 3. The van der Waals surface area contributed by atoms with Crippen LogP contribution in [-0.4, -0.2) is 12.4 Å². The maximum atomic E-state index is 13.8. The van der Waals surface area contributed by atoms with E-state index in [0.717, 1.165) is 52.5 Å². The Morgan fingerprint density at radius 1 is 0.821 bits per heavy atom. The summed E-state index contributed by atoms with van der Waals surface area (Å²) in [5.74, 6) is 0. The molecule has 0 N–H and O–H groups in total. The van der Waals surface area contributed by atoms with Gasteiger partial charge < -0.3 is 0 Å². The van der Waals surface area contributed by atoms with Gasteiger partial charge >= 0.3 is 0 Å². The van der Waals surface area contributed by atoms with Gasteiger partial charge in [0.1, 0.15) is 0 Å². The third-order valence-corrected chi connectivity index (χ3v) is 7.35. The highest BCUT2D eigenvalue weighted by Gasteiger charge is 2.29. The summed E-state index contributed by atoms with van der Waals surface area (Å²) in [4.78, 5) is 0.323. The smallest absolute Gasteiger partial charge is 0.233 e. The van der Waals surface area contributed by atoms with Crippen LogP contribution in [0.5, 0.6) is 0 Å². The van der Waals surface area contributed by atoms with Gasteiger partial charge in [0.2, 0.25) is 0 Å². The number of nitrogens with zero attached hydrogens (tertiary/aromatic N) is 1. The maximum absolute atomic E-state index is 13.8. The minimum absolute atomic E-state index is 0.323. The Bertz CT molecular complexity index is 1280. The number of hydrogen-bond acceptors (Lipinski definition) is 2. The summed E-state index contributed by atoms with van der Waals surface area (Å²) >= 11 is 0. The normalized spacial score (nSPS) is 13.8. The van der Waals surface area contributed by atoms with Crippen LogP contribution in [0.15, 0.2) is 77.7 Å². The topological polar surface area (TPSA) is 39.1 Å². The average molecular weight is 388 g/mol. The van der Waals surface area contributed by atoms with E-state index in [4.69, 9.17) is 0 Å². The molecule has 0 bridgehead atoms. The number of benzene rings is 3. The molecular weight excluding hydrogens is 366 g/mol. The summed E-state index contributed by atoms with van der Waals surface area (Å²) in [6.07, 6.45) is 2.93. The molecule has 0 aliphatic heterocycles. The minimum Gasteiger partial charge on any atom is -0.233 e. The average Bonchev–Trinajstić information content (AvgIpc) is 3.06. The van der Waals surface area contributed by atoms with E-state index in [2.05, 4.69) is 6.07 Å². The van der Waals surface area contributed by atoms with E-state index in [9.17, 15) is 8.42 Å². The van der Waals surface area contributed by atoms with Gasteiger partial charge in [-0.15, -0.1) is 0 Å². The first-order valence-electron chi connectivity index (χ1n) is 9.60. The van der Waals surface area contributed by atoms with Gasteiger partial charge in [-0.2, -0.15) is 0 Å². The number of aromatic nitrogens is 1. The third-order valence-electron chi connectivity index (χ3n) is 5.62. The lowest BCUT2D eigenvalue weighted by atomic mass is 9.90. The SMILES string of the molecule is Cc1ccc(S(=O)(=O)n2c(-c3ccccc3)c3c4c(cccc42)CCC3)cc1. The Balaban J connectivity index is 1.91. The summed E-state index contributed by atoms with van der Waals surface area (Å²) in [6.45, 7) is 1.96. The predicted octanol–water partition coefficient (Wildman–Crippen LogP) is 5.34. The Morgan fingerprint density at radius 3 is 2.32 bits per heavy atom. The molecule has 0 amide bonds. The molecule has 0 spiro atoms. The molecule has 0 saturated heterocycles. The van der Waals surface area contributed by atoms with Gasteiger partial charge in [-0.05, 0) is 61.1 Å². The zero-order valence-electron chi connectivity index (χ0n) is 15.7. The van der Waals surface area contributed by atoms with Gasteiger partial charge in [0.15, 0.2) is 0 Å². The predicted molar refractivity (Wildman–Crippen MR) is 113 cm³/mol.